The van der Waals surface area contributed by atoms with E-state index in [1.165, 1.54) is 7.11 Å². The van der Waals surface area contributed by atoms with Crippen LogP contribution in [-0.2, 0) is 16.1 Å². The zero-order chi connectivity index (χ0) is 24.8. The van der Waals surface area contributed by atoms with E-state index in [2.05, 4.69) is 20.6 Å². The predicted octanol–water partition coefficient (Wildman–Crippen LogP) is 5.16. The Hall–Kier alpha value is -4.13. The van der Waals surface area contributed by atoms with Crippen molar-refractivity contribution in [2.45, 2.75) is 32.9 Å². The SMILES string of the molecule is COC(=O)C(CC(C)C)NC(=O)c1ccc(NCc2ncc[nH]2)cc1-c1cccc2ccccc12. The average molecular weight is 471 g/mol. The third-order valence-electron chi connectivity index (χ3n) is 5.86. The Morgan fingerprint density at radius 2 is 1.83 bits per heavy atom. The number of nitrogens with zero attached hydrogens (tertiary/aromatic N) is 1. The third kappa shape index (κ3) is 5.69. The van der Waals surface area contributed by atoms with Crippen LogP contribution < -0.4 is 10.6 Å². The maximum Gasteiger partial charge on any atom is 0.328 e. The van der Waals surface area contributed by atoms with Crippen LogP contribution in [0.4, 0.5) is 5.69 Å². The molecule has 3 N–H and O–H groups in total. The normalized spacial score (nSPS) is 11.9. The highest BCUT2D eigenvalue weighted by Gasteiger charge is 2.25. The minimum atomic E-state index is -0.718. The van der Waals surface area contributed by atoms with Crippen LogP contribution in [0.5, 0.6) is 0 Å². The molecule has 0 saturated heterocycles. The number of esters is 1. The summed E-state index contributed by atoms with van der Waals surface area (Å²) in [5, 5.41) is 8.39. The Morgan fingerprint density at radius 3 is 2.57 bits per heavy atom. The Balaban J connectivity index is 1.74. The molecule has 0 aliphatic rings. The van der Waals surface area contributed by atoms with E-state index >= 15 is 0 Å². The number of anilines is 1. The van der Waals surface area contributed by atoms with Gasteiger partial charge in [-0.25, -0.2) is 9.78 Å². The number of imidazole rings is 1. The molecule has 0 fully saturated rings. The zero-order valence-corrected chi connectivity index (χ0v) is 20.2. The number of aromatic amines is 1. The van der Waals surface area contributed by atoms with Crippen LogP contribution in [0.25, 0.3) is 21.9 Å². The first-order valence-electron chi connectivity index (χ1n) is 11.7. The fourth-order valence-electron chi connectivity index (χ4n) is 4.18. The number of hydrogen-bond acceptors (Lipinski definition) is 5. The molecule has 180 valence electrons. The van der Waals surface area contributed by atoms with Crippen molar-refractivity contribution in [2.75, 3.05) is 12.4 Å². The molecule has 7 heteroatoms. The van der Waals surface area contributed by atoms with Crippen LogP contribution >= 0.6 is 0 Å². The summed E-state index contributed by atoms with van der Waals surface area (Å²) in [7, 11) is 1.34. The Bertz CT molecular complexity index is 1310. The van der Waals surface area contributed by atoms with E-state index in [4.69, 9.17) is 4.74 Å². The summed E-state index contributed by atoms with van der Waals surface area (Å²) in [6.45, 7) is 4.53. The summed E-state index contributed by atoms with van der Waals surface area (Å²) >= 11 is 0. The molecule has 4 aromatic rings. The number of carbonyl (C=O) groups is 2. The van der Waals surface area contributed by atoms with Gasteiger partial charge in [0.15, 0.2) is 0 Å². The van der Waals surface area contributed by atoms with Gasteiger partial charge in [-0.15, -0.1) is 0 Å². The van der Waals surface area contributed by atoms with Gasteiger partial charge in [0, 0.05) is 23.6 Å². The first-order chi connectivity index (χ1) is 17.0. The highest BCUT2D eigenvalue weighted by molar-refractivity contribution is 6.07. The van der Waals surface area contributed by atoms with E-state index in [0.717, 1.165) is 33.4 Å². The molecule has 0 radical (unpaired) electrons. The van der Waals surface area contributed by atoms with Gasteiger partial charge in [-0.3, -0.25) is 4.79 Å². The molecule has 1 atom stereocenters. The van der Waals surface area contributed by atoms with Gasteiger partial charge in [0.2, 0.25) is 0 Å². The second-order valence-electron chi connectivity index (χ2n) is 8.86. The highest BCUT2D eigenvalue weighted by atomic mass is 16.5. The molecule has 0 aliphatic carbocycles. The predicted molar refractivity (Wildman–Crippen MR) is 138 cm³/mol. The fraction of sp³-hybridized carbons (Fsp3) is 0.250. The number of rotatable bonds is 9. The topological polar surface area (TPSA) is 96.1 Å². The molecule has 7 nitrogen and oxygen atoms in total. The van der Waals surface area contributed by atoms with E-state index in [1.54, 1.807) is 18.5 Å². The van der Waals surface area contributed by atoms with Gasteiger partial charge < -0.3 is 20.4 Å². The van der Waals surface area contributed by atoms with Crippen molar-refractivity contribution in [1.82, 2.24) is 15.3 Å². The Kier molecular flexibility index (Phi) is 7.45. The lowest BCUT2D eigenvalue weighted by atomic mass is 9.93. The highest BCUT2D eigenvalue weighted by Crippen LogP contribution is 2.33. The molecule has 0 bridgehead atoms. The lowest BCUT2D eigenvalue weighted by Gasteiger charge is -2.20. The second-order valence-corrected chi connectivity index (χ2v) is 8.86. The minimum Gasteiger partial charge on any atom is -0.467 e. The van der Waals surface area contributed by atoms with Gasteiger partial charge in [0.25, 0.3) is 5.91 Å². The molecule has 0 aliphatic heterocycles. The smallest absolute Gasteiger partial charge is 0.328 e. The summed E-state index contributed by atoms with van der Waals surface area (Å²) in [6.07, 6.45) is 3.98. The lowest BCUT2D eigenvalue weighted by Crippen LogP contribution is -2.42. The second kappa shape index (κ2) is 10.9. The van der Waals surface area contributed by atoms with Crippen LogP contribution in [-0.4, -0.2) is 35.0 Å². The fourth-order valence-corrected chi connectivity index (χ4v) is 4.18. The summed E-state index contributed by atoms with van der Waals surface area (Å²) in [5.74, 6) is 0.260. The van der Waals surface area contributed by atoms with Crippen LogP contribution in [0.1, 0.15) is 36.5 Å². The van der Waals surface area contributed by atoms with E-state index < -0.39 is 12.0 Å². The number of aromatic nitrogens is 2. The first kappa shape index (κ1) is 24.0. The average Bonchev–Trinajstić information content (AvgIpc) is 3.39. The van der Waals surface area contributed by atoms with Gasteiger partial charge in [-0.2, -0.15) is 0 Å². The number of H-pyrrole nitrogens is 1. The van der Waals surface area contributed by atoms with Gasteiger partial charge in [0.1, 0.15) is 11.9 Å². The van der Waals surface area contributed by atoms with Crippen molar-refractivity contribution in [3.8, 4) is 11.1 Å². The van der Waals surface area contributed by atoms with E-state index in [1.807, 2.05) is 68.4 Å². The summed E-state index contributed by atoms with van der Waals surface area (Å²) < 4.78 is 4.94. The molecular formula is C28H30N4O3. The minimum absolute atomic E-state index is 0.213. The Labute approximate surface area is 204 Å². The van der Waals surface area contributed by atoms with Gasteiger partial charge in [0.05, 0.1) is 13.7 Å². The van der Waals surface area contributed by atoms with Crippen molar-refractivity contribution >= 4 is 28.3 Å². The molecule has 1 amide bonds. The lowest BCUT2D eigenvalue weighted by molar-refractivity contribution is -0.143. The van der Waals surface area contributed by atoms with E-state index in [-0.39, 0.29) is 11.8 Å². The molecule has 0 spiro atoms. The maximum atomic E-state index is 13.5. The van der Waals surface area contributed by atoms with Crippen LogP contribution in [0, 0.1) is 5.92 Å². The molecule has 35 heavy (non-hydrogen) atoms. The van der Waals surface area contributed by atoms with Crippen molar-refractivity contribution in [1.29, 1.82) is 0 Å². The van der Waals surface area contributed by atoms with Gasteiger partial charge >= 0.3 is 5.97 Å². The van der Waals surface area contributed by atoms with E-state index in [0.29, 0.717) is 18.5 Å². The molecule has 1 unspecified atom stereocenters. The number of hydrogen-bond donors (Lipinski definition) is 3. The molecule has 1 heterocycles. The molecule has 3 aromatic carbocycles. The van der Waals surface area contributed by atoms with Crippen molar-refractivity contribution in [3.63, 3.8) is 0 Å². The van der Waals surface area contributed by atoms with Crippen LogP contribution in [0.3, 0.4) is 0 Å². The van der Waals surface area contributed by atoms with Crippen molar-refractivity contribution in [2.24, 2.45) is 5.92 Å². The number of methoxy groups -OCH3 is 1. The number of carbonyl (C=O) groups excluding carboxylic acids is 2. The maximum absolute atomic E-state index is 13.5. The molecular weight excluding hydrogens is 440 g/mol. The van der Waals surface area contributed by atoms with Crippen molar-refractivity contribution < 1.29 is 14.3 Å². The first-order valence-corrected chi connectivity index (χ1v) is 11.7. The number of ether oxygens (including phenoxy) is 1. The molecule has 0 saturated carbocycles. The summed E-state index contributed by atoms with van der Waals surface area (Å²) in [6, 6.07) is 19.0. The number of fused-ring (bicyclic) bond motifs is 1. The van der Waals surface area contributed by atoms with Gasteiger partial charge in [-0.05, 0) is 52.4 Å². The zero-order valence-electron chi connectivity index (χ0n) is 20.2. The standard InChI is InChI=1S/C28H30N4O3/c1-18(2)15-25(28(34)35-3)32-27(33)23-12-11-20(31-17-26-29-13-14-30-26)16-24(23)22-10-6-8-19-7-4-5-9-21(19)22/h4-14,16,18,25,31H,15,17H2,1-3H3,(H,29,30)(H,32,33). The number of amides is 1. The van der Waals surface area contributed by atoms with Gasteiger partial charge in [-0.1, -0.05) is 56.3 Å². The van der Waals surface area contributed by atoms with Crippen LogP contribution in [0.15, 0.2) is 73.1 Å². The third-order valence-corrected chi connectivity index (χ3v) is 5.86. The monoisotopic (exact) mass is 470 g/mol. The molecule has 1 aromatic heterocycles. The van der Waals surface area contributed by atoms with Crippen LogP contribution in [0.2, 0.25) is 0 Å². The summed E-state index contributed by atoms with van der Waals surface area (Å²) in [5.41, 5.74) is 3.06. The summed E-state index contributed by atoms with van der Waals surface area (Å²) in [4.78, 5) is 33.2. The Morgan fingerprint density at radius 1 is 1.03 bits per heavy atom. The number of nitrogens with one attached hydrogen (secondary N) is 3. The van der Waals surface area contributed by atoms with E-state index in [9.17, 15) is 9.59 Å². The van der Waals surface area contributed by atoms with Crippen molar-refractivity contribution in [3.05, 3.63) is 84.4 Å². The molecule has 4 rings (SSSR count). The quantitative estimate of drug-likeness (QED) is 0.294. The largest absolute Gasteiger partial charge is 0.467 e. The number of benzene rings is 3.